The molecule has 2 aliphatic carbocycles. The van der Waals surface area contributed by atoms with Gasteiger partial charge in [-0.1, -0.05) is 75.9 Å². The molecule has 0 saturated carbocycles. The quantitative estimate of drug-likeness (QED) is 0.0503. The monoisotopic (exact) mass is 982 g/mol. The summed E-state index contributed by atoms with van der Waals surface area (Å²) in [5.74, 6) is -3.20. The topological polar surface area (TPSA) is 59.1 Å². The smallest absolute Gasteiger partial charge is 0.379 e. The minimum Gasteiger partial charge on any atom is -0.379 e. The third-order valence-electron chi connectivity index (χ3n) is 11.7. The second-order valence-corrected chi connectivity index (χ2v) is 18.2. The van der Waals surface area contributed by atoms with Crippen LogP contribution in [-0.2, 0) is 31.2 Å². The molecule has 0 saturated heterocycles. The predicted molar refractivity (Wildman–Crippen MR) is 267 cm³/mol. The number of rotatable bonds is 20. The molecule has 4 aromatic carbocycles. The van der Waals surface area contributed by atoms with Crippen molar-refractivity contribution in [1.29, 1.82) is 0 Å². The molecule has 0 radical (unpaired) electrons. The Labute approximate surface area is 425 Å². The van der Waals surface area contributed by atoms with E-state index in [9.17, 15) is 27.2 Å². The number of halogens is 4. The van der Waals surface area contributed by atoms with E-state index in [1.165, 1.54) is 21.9 Å². The van der Waals surface area contributed by atoms with Crippen molar-refractivity contribution in [2.45, 2.75) is 117 Å². The minimum atomic E-state index is -0.858. The summed E-state index contributed by atoms with van der Waals surface area (Å²) in [5.41, 5.74) is 0.724. The first-order valence-corrected chi connectivity index (χ1v) is 23.5. The fourth-order valence-corrected chi connectivity index (χ4v) is 7.05. The Morgan fingerprint density at radius 2 is 0.942 bits per heavy atom. The largest absolute Gasteiger partial charge is 4.00 e. The summed E-state index contributed by atoms with van der Waals surface area (Å²) in [6.45, 7) is 13.2. The number of benzene rings is 4. The Morgan fingerprint density at radius 1 is 0.580 bits per heavy atom. The average Bonchev–Trinajstić information content (AvgIpc) is 4.12. The fraction of sp³-hybridized carbons (Fsp3) is 0.414. The normalized spacial score (nSPS) is 13.2. The third-order valence-corrected chi connectivity index (χ3v) is 11.7. The van der Waals surface area contributed by atoms with Gasteiger partial charge in [-0.25, -0.2) is 41.9 Å². The molecule has 0 spiro atoms. The number of methoxy groups -OCH3 is 2. The number of hydrogen-bond acceptors (Lipinski definition) is 4. The van der Waals surface area contributed by atoms with Crippen molar-refractivity contribution < 1.29 is 58.3 Å². The predicted octanol–water partition coefficient (Wildman–Crippen LogP) is 14.7. The molecule has 6 rings (SSSR count). The number of hydrogen-bond donors (Lipinski definition) is 0. The molecule has 2 amide bonds. The van der Waals surface area contributed by atoms with E-state index in [4.69, 9.17) is 9.47 Å². The summed E-state index contributed by atoms with van der Waals surface area (Å²) in [7, 11) is 3.43. The second-order valence-electron chi connectivity index (χ2n) is 18.2. The van der Waals surface area contributed by atoms with Crippen LogP contribution in [0.5, 0.6) is 0 Å². The van der Waals surface area contributed by atoms with Gasteiger partial charge < -0.3 is 19.3 Å². The summed E-state index contributed by atoms with van der Waals surface area (Å²) in [6, 6.07) is 26.4. The zero-order valence-electron chi connectivity index (χ0n) is 41.7. The summed E-state index contributed by atoms with van der Waals surface area (Å²) in [5, 5.41) is 0. The van der Waals surface area contributed by atoms with Crippen molar-refractivity contribution in [3.05, 3.63) is 180 Å². The maximum Gasteiger partial charge on any atom is 4.00 e. The van der Waals surface area contributed by atoms with Gasteiger partial charge in [0.15, 0.2) is 0 Å². The third kappa shape index (κ3) is 23.1. The number of carbonyl (C=O) groups excluding carboxylic acids is 2. The van der Waals surface area contributed by atoms with Crippen LogP contribution >= 0.6 is 0 Å². The van der Waals surface area contributed by atoms with Gasteiger partial charge in [0.05, 0.1) is 11.2 Å². The van der Waals surface area contributed by atoms with Crippen LogP contribution in [0.4, 0.5) is 28.9 Å². The fourth-order valence-electron chi connectivity index (χ4n) is 7.05. The number of nitrogens with zero attached hydrogens (tertiary/aromatic N) is 2. The van der Waals surface area contributed by atoms with Crippen molar-refractivity contribution in [2.75, 3.05) is 37.1 Å². The van der Waals surface area contributed by atoms with Crippen LogP contribution in [0.1, 0.15) is 126 Å². The van der Waals surface area contributed by atoms with Gasteiger partial charge in [0.1, 0.15) is 0 Å². The van der Waals surface area contributed by atoms with E-state index in [1.54, 1.807) is 62.8 Å². The average molecular weight is 983 g/mol. The van der Waals surface area contributed by atoms with Crippen LogP contribution < -0.4 is 9.80 Å². The van der Waals surface area contributed by atoms with Gasteiger partial charge in [-0.15, -0.1) is 49.2 Å². The molecule has 2 aliphatic rings. The maximum absolute atomic E-state index is 14.4. The van der Waals surface area contributed by atoms with Crippen molar-refractivity contribution in [1.82, 2.24) is 0 Å². The Morgan fingerprint density at radius 3 is 1.22 bits per heavy atom. The van der Waals surface area contributed by atoms with E-state index < -0.39 is 23.3 Å². The van der Waals surface area contributed by atoms with E-state index >= 15 is 0 Å². The van der Waals surface area contributed by atoms with Crippen LogP contribution in [0.25, 0.3) is 0 Å². The molecule has 0 fully saturated rings. The van der Waals surface area contributed by atoms with Crippen molar-refractivity contribution in [3.63, 3.8) is 0 Å². The molecule has 69 heavy (non-hydrogen) atoms. The van der Waals surface area contributed by atoms with Crippen LogP contribution in [-0.4, -0.2) is 50.3 Å². The SMILES string of the molecule is COC(C)(C)CCCC(C)CCN(C(=O)c1ccccc1)c1ccc(F)[c-]c1F.COC(C)(C)CCCC(C)CCN(C(=O)c1ccccc1)c1ccc(F)[c-]c1F.[C-]1=CC=CC1.[C-]1=CC=CC1.[Ti+4]. The summed E-state index contributed by atoms with van der Waals surface area (Å²) >= 11 is 0. The van der Waals surface area contributed by atoms with E-state index in [-0.39, 0.29) is 56.1 Å². The maximum atomic E-state index is 14.4. The van der Waals surface area contributed by atoms with Gasteiger partial charge in [0.2, 0.25) is 11.8 Å². The molecule has 0 aliphatic heterocycles. The molecular weight excluding hydrogens is 913 g/mol. The standard InChI is InChI=1S/2C24H30F2NO2.2C5H5.Ti/c2*1-18(9-8-15-24(2,3)29-4)14-16-27(22-13-12-20(25)17-21(22)26)23(28)19-10-6-5-7-11-19;2*1-2-4-5-3-1;/h2*5-7,10-13,18H,8-9,14-16H2,1-4H3;2*1-3H,4H2;/q4*-1;+4. The van der Waals surface area contributed by atoms with Crippen molar-refractivity contribution in [2.24, 2.45) is 11.8 Å². The number of amides is 2. The minimum absolute atomic E-state index is 0. The second kappa shape index (κ2) is 32.1. The van der Waals surface area contributed by atoms with E-state index in [2.05, 4.69) is 65.8 Å². The van der Waals surface area contributed by atoms with Crippen LogP contribution in [0, 0.1) is 59.4 Å². The van der Waals surface area contributed by atoms with Gasteiger partial charge in [0.25, 0.3) is 0 Å². The Bertz CT molecular complexity index is 2050. The first-order chi connectivity index (χ1) is 32.5. The van der Waals surface area contributed by atoms with Gasteiger partial charge in [-0.2, -0.15) is 12.2 Å². The van der Waals surface area contributed by atoms with Crippen molar-refractivity contribution >= 4 is 23.2 Å². The first-order valence-electron chi connectivity index (χ1n) is 23.5. The van der Waals surface area contributed by atoms with E-state index in [1.807, 2.05) is 48.6 Å². The molecule has 0 heterocycles. The van der Waals surface area contributed by atoms with E-state index in [0.717, 1.165) is 63.5 Å². The van der Waals surface area contributed by atoms with E-state index in [0.29, 0.717) is 48.9 Å². The Hall–Kier alpha value is -4.87. The first kappa shape index (κ1) is 60.3. The van der Waals surface area contributed by atoms with Crippen LogP contribution in [0.2, 0.25) is 0 Å². The van der Waals surface area contributed by atoms with Gasteiger partial charge in [0, 0.05) is 61.7 Å². The Balaban J connectivity index is 0.000000386. The molecule has 6 nitrogen and oxygen atoms in total. The molecule has 0 N–H and O–H groups in total. The molecule has 2 unspecified atom stereocenters. The van der Waals surface area contributed by atoms with Gasteiger partial charge in [-0.05, 0) is 101 Å². The summed E-state index contributed by atoms with van der Waals surface area (Å²) < 4.78 is 66.3. The zero-order chi connectivity index (χ0) is 50.0. The zero-order valence-corrected chi connectivity index (χ0v) is 43.3. The molecule has 0 aromatic heterocycles. The number of anilines is 2. The van der Waals surface area contributed by atoms with Crippen LogP contribution in [0.15, 0.2) is 121 Å². The molecule has 4 aromatic rings. The summed E-state index contributed by atoms with van der Waals surface area (Å²) in [6.07, 6.45) is 27.3. The molecule has 11 heteroatoms. The number of ether oxygens (including phenoxy) is 2. The molecular formula is C58H70F4N2O4Ti. The molecule has 368 valence electrons. The summed E-state index contributed by atoms with van der Waals surface area (Å²) in [4.78, 5) is 28.8. The number of allylic oxidation sites excluding steroid dienone is 8. The Kier molecular flexibility index (Phi) is 28.0. The number of carbonyl (C=O) groups is 2. The van der Waals surface area contributed by atoms with Crippen molar-refractivity contribution in [3.8, 4) is 0 Å². The van der Waals surface area contributed by atoms with Gasteiger partial charge >= 0.3 is 21.7 Å². The van der Waals surface area contributed by atoms with Gasteiger partial charge in [-0.3, -0.25) is 21.7 Å². The van der Waals surface area contributed by atoms with Crippen LogP contribution in [0.3, 0.4) is 0 Å². The molecule has 2 atom stereocenters. The molecule has 0 bridgehead atoms.